The summed E-state index contributed by atoms with van der Waals surface area (Å²) in [4.78, 5) is 20.2. The van der Waals surface area contributed by atoms with E-state index in [0.717, 1.165) is 18.3 Å². The molecule has 3 aromatic rings. The Morgan fingerprint density at radius 2 is 2.05 bits per heavy atom. The standard InChI is InChI=1S/C29H33F3N4O3/c1-3-17(21-14-18(30)4-8-22(21)31)12-13-34-24-9-6-19(39-26(24)15-27(33)37)5-7-20-23(32)16-35-25-10-11-28(38-2)36-29(20)25/h4-5,7-8,10-11,14,16-17,19,24,26,34H,3,6,9,12-13,15H2,1-2H3,(H2,33,37)/t17?,19-,24-,26-/m1/s1. The van der Waals surface area contributed by atoms with E-state index in [2.05, 4.69) is 15.3 Å². The van der Waals surface area contributed by atoms with Gasteiger partial charge in [-0.25, -0.2) is 18.2 Å². The number of carbonyl (C=O) groups is 1. The number of rotatable bonds is 11. The van der Waals surface area contributed by atoms with Gasteiger partial charge >= 0.3 is 0 Å². The second-order valence-corrected chi connectivity index (χ2v) is 9.68. The smallest absolute Gasteiger partial charge is 0.220 e. The lowest BCUT2D eigenvalue weighted by Crippen LogP contribution is -2.48. The number of amides is 1. The molecular formula is C29H33F3N4O3. The summed E-state index contributed by atoms with van der Waals surface area (Å²) >= 11 is 0. The largest absolute Gasteiger partial charge is 0.481 e. The number of methoxy groups -OCH3 is 1. The molecule has 4 rings (SSSR count). The van der Waals surface area contributed by atoms with Crippen molar-refractivity contribution >= 4 is 23.0 Å². The van der Waals surface area contributed by atoms with E-state index in [4.69, 9.17) is 15.2 Å². The molecular weight excluding hydrogens is 509 g/mol. The number of halogens is 3. The maximum atomic E-state index is 14.7. The number of ether oxygens (including phenoxy) is 2. The summed E-state index contributed by atoms with van der Waals surface area (Å²) in [5.41, 5.74) is 7.02. The Morgan fingerprint density at radius 3 is 2.79 bits per heavy atom. The number of fused-ring (bicyclic) bond motifs is 1. The fourth-order valence-electron chi connectivity index (χ4n) is 5.05. The number of nitrogens with one attached hydrogen (secondary N) is 1. The summed E-state index contributed by atoms with van der Waals surface area (Å²) in [5, 5.41) is 3.42. The molecule has 1 aliphatic rings. The number of hydrogen-bond donors (Lipinski definition) is 2. The minimum Gasteiger partial charge on any atom is -0.481 e. The third kappa shape index (κ3) is 7.13. The molecule has 10 heteroatoms. The van der Waals surface area contributed by atoms with Crippen molar-refractivity contribution in [2.45, 2.75) is 63.2 Å². The molecule has 1 unspecified atom stereocenters. The van der Waals surface area contributed by atoms with Crippen molar-refractivity contribution in [1.29, 1.82) is 0 Å². The van der Waals surface area contributed by atoms with Gasteiger partial charge in [-0.15, -0.1) is 0 Å². The first-order valence-corrected chi connectivity index (χ1v) is 13.1. The summed E-state index contributed by atoms with van der Waals surface area (Å²) in [6.07, 6.45) is 6.22. The Kier molecular flexibility index (Phi) is 9.53. The minimum absolute atomic E-state index is 0.0169. The zero-order valence-corrected chi connectivity index (χ0v) is 22.0. The quantitative estimate of drug-likeness (QED) is 0.353. The van der Waals surface area contributed by atoms with Crippen LogP contribution in [-0.2, 0) is 9.53 Å². The molecule has 208 valence electrons. The van der Waals surface area contributed by atoms with Gasteiger partial charge in [0.15, 0.2) is 5.82 Å². The number of carbonyl (C=O) groups excluding carboxylic acids is 1. The lowest BCUT2D eigenvalue weighted by Gasteiger charge is -2.36. The van der Waals surface area contributed by atoms with Gasteiger partial charge in [-0.2, -0.15) is 0 Å². The molecule has 4 atom stereocenters. The van der Waals surface area contributed by atoms with Crippen LogP contribution in [0.2, 0.25) is 0 Å². The van der Waals surface area contributed by atoms with E-state index in [1.807, 2.05) is 6.92 Å². The van der Waals surface area contributed by atoms with Gasteiger partial charge < -0.3 is 20.5 Å². The number of nitrogens with two attached hydrogens (primary N) is 1. The van der Waals surface area contributed by atoms with Crippen molar-refractivity contribution in [1.82, 2.24) is 15.3 Å². The summed E-state index contributed by atoms with van der Waals surface area (Å²) in [7, 11) is 1.48. The molecule has 1 aliphatic heterocycles. The van der Waals surface area contributed by atoms with Gasteiger partial charge in [0.2, 0.25) is 11.8 Å². The average Bonchev–Trinajstić information content (AvgIpc) is 2.92. The van der Waals surface area contributed by atoms with Crippen LogP contribution in [0.5, 0.6) is 5.88 Å². The number of benzene rings is 1. The molecule has 2 aromatic heterocycles. The highest BCUT2D eigenvalue weighted by molar-refractivity contribution is 5.84. The highest BCUT2D eigenvalue weighted by Crippen LogP contribution is 2.28. The molecule has 3 heterocycles. The number of hydrogen-bond acceptors (Lipinski definition) is 6. The minimum atomic E-state index is -0.524. The van der Waals surface area contributed by atoms with Crippen LogP contribution in [0.1, 0.15) is 56.1 Å². The molecule has 0 radical (unpaired) electrons. The van der Waals surface area contributed by atoms with Crippen molar-refractivity contribution < 1.29 is 27.4 Å². The summed E-state index contributed by atoms with van der Waals surface area (Å²) in [5.74, 6) is -1.71. The molecule has 0 aliphatic carbocycles. The molecule has 1 aromatic carbocycles. The fourth-order valence-corrected chi connectivity index (χ4v) is 5.05. The van der Waals surface area contributed by atoms with Gasteiger partial charge in [-0.3, -0.25) is 9.78 Å². The van der Waals surface area contributed by atoms with Crippen molar-refractivity contribution in [3.63, 3.8) is 0 Å². The second-order valence-electron chi connectivity index (χ2n) is 9.68. The number of primary amides is 1. The van der Waals surface area contributed by atoms with Gasteiger partial charge in [-0.05, 0) is 68.0 Å². The number of aromatic nitrogens is 2. The van der Waals surface area contributed by atoms with Crippen LogP contribution in [0, 0.1) is 17.5 Å². The van der Waals surface area contributed by atoms with Crippen LogP contribution in [-0.4, -0.2) is 47.8 Å². The third-order valence-corrected chi connectivity index (χ3v) is 7.12. The van der Waals surface area contributed by atoms with Crippen LogP contribution in [0.3, 0.4) is 0 Å². The van der Waals surface area contributed by atoms with Crippen molar-refractivity contribution in [2.24, 2.45) is 5.73 Å². The highest BCUT2D eigenvalue weighted by atomic mass is 19.1. The van der Waals surface area contributed by atoms with Gasteiger partial charge in [0.1, 0.15) is 17.2 Å². The van der Waals surface area contributed by atoms with Gasteiger partial charge in [0.25, 0.3) is 0 Å². The lowest BCUT2D eigenvalue weighted by atomic mass is 9.91. The Hall–Kier alpha value is -3.50. The van der Waals surface area contributed by atoms with E-state index >= 15 is 0 Å². The maximum absolute atomic E-state index is 14.7. The average molecular weight is 543 g/mol. The van der Waals surface area contributed by atoms with Gasteiger partial charge in [-0.1, -0.05) is 19.1 Å². The monoisotopic (exact) mass is 542 g/mol. The molecule has 7 nitrogen and oxygen atoms in total. The summed E-state index contributed by atoms with van der Waals surface area (Å²) in [6, 6.07) is 6.73. The number of pyridine rings is 2. The van der Waals surface area contributed by atoms with Crippen LogP contribution in [0.15, 0.2) is 42.6 Å². The van der Waals surface area contributed by atoms with Crippen molar-refractivity contribution in [2.75, 3.05) is 13.7 Å². The predicted octanol–water partition coefficient (Wildman–Crippen LogP) is 5.03. The summed E-state index contributed by atoms with van der Waals surface area (Å²) < 4.78 is 54.0. The molecule has 1 amide bonds. The summed E-state index contributed by atoms with van der Waals surface area (Å²) in [6.45, 7) is 2.46. The van der Waals surface area contributed by atoms with Crippen LogP contribution < -0.4 is 15.8 Å². The lowest BCUT2D eigenvalue weighted by molar-refractivity contribution is -0.124. The number of nitrogens with zero attached hydrogens (tertiary/aromatic N) is 2. The molecule has 1 saturated heterocycles. The van der Waals surface area contributed by atoms with E-state index in [1.54, 1.807) is 24.3 Å². The van der Waals surface area contributed by atoms with Crippen molar-refractivity contribution in [3.05, 3.63) is 71.2 Å². The van der Waals surface area contributed by atoms with E-state index < -0.39 is 29.5 Å². The van der Waals surface area contributed by atoms with E-state index in [1.165, 1.54) is 13.2 Å². The van der Waals surface area contributed by atoms with Crippen LogP contribution in [0.4, 0.5) is 13.2 Å². The fraction of sp³-hybridized carbons (Fsp3) is 0.414. The van der Waals surface area contributed by atoms with Crippen LogP contribution in [0.25, 0.3) is 17.1 Å². The SMILES string of the molecule is CCC(CCN[C@@H]1CC[C@@H](C=Cc2c(F)cnc3ccc(OC)nc23)O[C@@H]1CC(N)=O)c1cc(F)ccc1F. The van der Waals surface area contributed by atoms with E-state index in [9.17, 15) is 18.0 Å². The van der Waals surface area contributed by atoms with E-state index in [-0.39, 0.29) is 30.0 Å². The highest BCUT2D eigenvalue weighted by Gasteiger charge is 2.31. The topological polar surface area (TPSA) is 99.4 Å². The predicted molar refractivity (Wildman–Crippen MR) is 143 cm³/mol. The van der Waals surface area contributed by atoms with Gasteiger partial charge in [0, 0.05) is 17.7 Å². The van der Waals surface area contributed by atoms with Gasteiger partial charge in [0.05, 0.1) is 37.5 Å². The molecule has 0 spiro atoms. The van der Waals surface area contributed by atoms with Crippen molar-refractivity contribution in [3.8, 4) is 5.88 Å². The normalized spacial score (nSPS) is 20.4. The Labute approximate surface area is 225 Å². The van der Waals surface area contributed by atoms with Crippen LogP contribution >= 0.6 is 0 Å². The maximum Gasteiger partial charge on any atom is 0.220 e. The molecule has 1 fully saturated rings. The second kappa shape index (κ2) is 13.0. The molecule has 0 saturated carbocycles. The first-order valence-electron chi connectivity index (χ1n) is 13.1. The Bertz CT molecular complexity index is 1340. The third-order valence-electron chi connectivity index (χ3n) is 7.12. The first kappa shape index (κ1) is 28.5. The molecule has 0 bridgehead atoms. The zero-order valence-electron chi connectivity index (χ0n) is 22.0. The first-order chi connectivity index (χ1) is 18.8. The van der Waals surface area contributed by atoms with E-state index in [0.29, 0.717) is 54.7 Å². The molecule has 39 heavy (non-hydrogen) atoms. The Balaban J connectivity index is 1.42. The zero-order chi connectivity index (χ0) is 27.9. The Morgan fingerprint density at radius 1 is 1.23 bits per heavy atom. The molecule has 3 N–H and O–H groups in total.